The Morgan fingerprint density at radius 3 is 2.10 bits per heavy atom. The number of anilines is 2. The summed E-state index contributed by atoms with van der Waals surface area (Å²) in [6, 6.07) is 25.4. The Labute approximate surface area is 236 Å². The molecular formula is C32H28F2N4O3. The number of carbonyl (C=O) groups is 3. The van der Waals surface area contributed by atoms with Gasteiger partial charge >= 0.3 is 0 Å². The van der Waals surface area contributed by atoms with E-state index in [2.05, 4.69) is 10.6 Å². The van der Waals surface area contributed by atoms with Crippen molar-refractivity contribution >= 4 is 29.1 Å². The number of nitrogens with one attached hydrogen (secondary N) is 2. The Balaban J connectivity index is 1.34. The maximum Gasteiger partial charge on any atom is 0.255 e. The first-order chi connectivity index (χ1) is 19.9. The topological polar surface area (TPSA) is 81.8 Å². The smallest absolute Gasteiger partial charge is 0.255 e. The second kappa shape index (κ2) is 12.4. The van der Waals surface area contributed by atoms with Crippen LogP contribution < -0.4 is 15.5 Å². The van der Waals surface area contributed by atoms with Crippen molar-refractivity contribution in [3.05, 3.63) is 131 Å². The largest absolute Gasteiger partial charge is 0.367 e. The highest BCUT2D eigenvalue weighted by atomic mass is 19.1. The number of carbonyl (C=O) groups excluding carboxylic acids is 3. The molecule has 1 aliphatic rings. The first-order valence-electron chi connectivity index (χ1n) is 13.2. The fourth-order valence-corrected chi connectivity index (χ4v) is 4.70. The third-order valence-electron chi connectivity index (χ3n) is 6.88. The van der Waals surface area contributed by atoms with Crippen molar-refractivity contribution in [2.24, 2.45) is 0 Å². The summed E-state index contributed by atoms with van der Waals surface area (Å²) >= 11 is 0. The quantitative estimate of drug-likeness (QED) is 0.333. The molecule has 1 saturated heterocycles. The molecule has 9 heteroatoms. The standard InChI is InChI=1S/C32H28F2N4O3/c33-25-11-9-22(10-12-25)21-35-31(40)28-20-27(36-30(39)23-5-2-1-3-6-23)13-14-29(28)37-15-17-38(18-16-37)32(41)24-7-4-8-26(34)19-24/h1-14,19-20H,15-18,21H2,(H,35,40)(H,36,39). The van der Waals surface area contributed by atoms with E-state index in [9.17, 15) is 23.2 Å². The number of piperazine rings is 1. The summed E-state index contributed by atoms with van der Waals surface area (Å²) < 4.78 is 26.9. The number of hydrogen-bond donors (Lipinski definition) is 2. The third kappa shape index (κ3) is 6.75. The number of amides is 3. The van der Waals surface area contributed by atoms with Crippen LogP contribution in [0.25, 0.3) is 0 Å². The van der Waals surface area contributed by atoms with Gasteiger partial charge in [-0.1, -0.05) is 36.4 Å². The van der Waals surface area contributed by atoms with Gasteiger partial charge in [-0.05, 0) is 66.2 Å². The summed E-state index contributed by atoms with van der Waals surface area (Å²) in [5.41, 5.74) is 2.96. The summed E-state index contributed by atoms with van der Waals surface area (Å²) in [5.74, 6) is -1.75. The molecule has 0 aromatic heterocycles. The van der Waals surface area contributed by atoms with E-state index in [1.807, 2.05) is 11.0 Å². The van der Waals surface area contributed by atoms with Crippen LogP contribution in [0.5, 0.6) is 0 Å². The first-order valence-corrected chi connectivity index (χ1v) is 13.2. The summed E-state index contributed by atoms with van der Waals surface area (Å²) in [6.07, 6.45) is 0. The van der Waals surface area contributed by atoms with Crippen molar-refractivity contribution in [3.8, 4) is 0 Å². The van der Waals surface area contributed by atoms with Crippen molar-refractivity contribution in [1.82, 2.24) is 10.2 Å². The molecule has 0 saturated carbocycles. The Kier molecular flexibility index (Phi) is 8.34. The molecule has 2 N–H and O–H groups in total. The van der Waals surface area contributed by atoms with Crippen molar-refractivity contribution in [3.63, 3.8) is 0 Å². The number of nitrogens with zero attached hydrogens (tertiary/aromatic N) is 2. The van der Waals surface area contributed by atoms with Gasteiger partial charge in [0.15, 0.2) is 0 Å². The van der Waals surface area contributed by atoms with Crippen molar-refractivity contribution in [2.75, 3.05) is 36.4 Å². The fraction of sp³-hybridized carbons (Fsp3) is 0.156. The fourth-order valence-electron chi connectivity index (χ4n) is 4.70. The van der Waals surface area contributed by atoms with Crippen molar-refractivity contribution in [2.45, 2.75) is 6.54 Å². The summed E-state index contributed by atoms with van der Waals surface area (Å²) in [6.45, 7) is 1.87. The number of hydrogen-bond acceptors (Lipinski definition) is 4. The lowest BCUT2D eigenvalue weighted by molar-refractivity contribution is 0.0745. The molecule has 0 unspecified atom stereocenters. The van der Waals surface area contributed by atoms with Gasteiger partial charge in [-0.2, -0.15) is 0 Å². The van der Waals surface area contributed by atoms with Crippen LogP contribution in [0, 0.1) is 11.6 Å². The van der Waals surface area contributed by atoms with Gasteiger partial charge in [-0.15, -0.1) is 0 Å². The molecule has 0 atom stereocenters. The molecule has 4 aromatic rings. The number of benzene rings is 4. The lowest BCUT2D eigenvalue weighted by Crippen LogP contribution is -2.49. The van der Waals surface area contributed by atoms with Crippen LogP contribution >= 0.6 is 0 Å². The zero-order chi connectivity index (χ0) is 28.8. The highest BCUT2D eigenvalue weighted by Crippen LogP contribution is 2.27. The molecule has 208 valence electrons. The number of halogens is 2. The summed E-state index contributed by atoms with van der Waals surface area (Å²) in [4.78, 5) is 42.7. The van der Waals surface area contributed by atoms with Gasteiger partial charge in [-0.3, -0.25) is 14.4 Å². The van der Waals surface area contributed by atoms with E-state index in [1.165, 1.54) is 30.3 Å². The molecule has 4 aromatic carbocycles. The normalized spacial score (nSPS) is 13.0. The van der Waals surface area contributed by atoms with E-state index in [0.29, 0.717) is 48.7 Å². The zero-order valence-corrected chi connectivity index (χ0v) is 22.1. The Morgan fingerprint density at radius 1 is 0.683 bits per heavy atom. The van der Waals surface area contributed by atoms with E-state index < -0.39 is 5.82 Å². The minimum absolute atomic E-state index is 0.190. The first kappa shape index (κ1) is 27.5. The van der Waals surface area contributed by atoms with Gasteiger partial charge in [0.2, 0.25) is 0 Å². The lowest BCUT2D eigenvalue weighted by atomic mass is 10.1. The maximum absolute atomic E-state index is 13.6. The van der Waals surface area contributed by atoms with Crippen molar-refractivity contribution in [1.29, 1.82) is 0 Å². The van der Waals surface area contributed by atoms with E-state index in [0.717, 1.165) is 5.56 Å². The molecule has 3 amide bonds. The van der Waals surface area contributed by atoms with Gasteiger partial charge in [0.05, 0.1) is 5.56 Å². The molecular weight excluding hydrogens is 526 g/mol. The van der Waals surface area contributed by atoms with Gasteiger partial charge < -0.3 is 20.4 Å². The van der Waals surface area contributed by atoms with E-state index >= 15 is 0 Å². The van der Waals surface area contributed by atoms with Crippen LogP contribution in [-0.2, 0) is 6.54 Å². The van der Waals surface area contributed by atoms with Gasteiger partial charge in [0.25, 0.3) is 17.7 Å². The molecule has 5 rings (SSSR count). The van der Waals surface area contributed by atoms with Crippen LogP contribution in [0.3, 0.4) is 0 Å². The Morgan fingerprint density at radius 2 is 1.39 bits per heavy atom. The predicted octanol–water partition coefficient (Wildman–Crippen LogP) is 5.11. The third-order valence-corrected chi connectivity index (χ3v) is 6.88. The highest BCUT2D eigenvalue weighted by Gasteiger charge is 2.25. The van der Waals surface area contributed by atoms with E-state index in [-0.39, 0.29) is 35.6 Å². The van der Waals surface area contributed by atoms with E-state index in [1.54, 1.807) is 65.6 Å². The summed E-state index contributed by atoms with van der Waals surface area (Å²) in [7, 11) is 0. The maximum atomic E-state index is 13.6. The molecule has 1 fully saturated rings. The van der Waals surface area contributed by atoms with Crippen molar-refractivity contribution < 1.29 is 23.2 Å². The van der Waals surface area contributed by atoms with Gasteiger partial charge in [0, 0.05) is 55.2 Å². The van der Waals surface area contributed by atoms with Crippen LogP contribution in [0.15, 0.2) is 97.1 Å². The van der Waals surface area contributed by atoms with Gasteiger partial charge in [0.1, 0.15) is 11.6 Å². The Bertz CT molecular complexity index is 1550. The molecule has 41 heavy (non-hydrogen) atoms. The predicted molar refractivity (Wildman–Crippen MR) is 153 cm³/mol. The average molecular weight is 555 g/mol. The molecule has 1 aliphatic heterocycles. The second-order valence-electron chi connectivity index (χ2n) is 9.65. The van der Waals surface area contributed by atoms with Gasteiger partial charge in [-0.25, -0.2) is 8.78 Å². The molecule has 0 bridgehead atoms. The molecule has 0 aliphatic carbocycles. The molecule has 1 heterocycles. The highest BCUT2D eigenvalue weighted by molar-refractivity contribution is 6.06. The second-order valence-corrected chi connectivity index (χ2v) is 9.65. The van der Waals surface area contributed by atoms with Crippen LogP contribution in [0.4, 0.5) is 20.2 Å². The lowest BCUT2D eigenvalue weighted by Gasteiger charge is -2.37. The minimum Gasteiger partial charge on any atom is -0.367 e. The monoisotopic (exact) mass is 554 g/mol. The van der Waals surface area contributed by atoms with Crippen LogP contribution in [0.1, 0.15) is 36.6 Å². The van der Waals surface area contributed by atoms with Crippen LogP contribution in [-0.4, -0.2) is 48.8 Å². The zero-order valence-electron chi connectivity index (χ0n) is 22.1. The average Bonchev–Trinajstić information content (AvgIpc) is 3.01. The van der Waals surface area contributed by atoms with Crippen LogP contribution in [0.2, 0.25) is 0 Å². The minimum atomic E-state index is -0.467. The SMILES string of the molecule is O=C(Nc1ccc(N2CCN(C(=O)c3cccc(F)c3)CC2)c(C(=O)NCc2ccc(F)cc2)c1)c1ccccc1. The van der Waals surface area contributed by atoms with E-state index in [4.69, 9.17) is 0 Å². The molecule has 7 nitrogen and oxygen atoms in total. The number of rotatable bonds is 7. The molecule has 0 spiro atoms. The Hall–Kier alpha value is -5.05. The summed E-state index contributed by atoms with van der Waals surface area (Å²) in [5, 5.41) is 5.73. The molecule has 0 radical (unpaired) electrons.